The van der Waals surface area contributed by atoms with Crippen LogP contribution < -0.4 is 5.32 Å². The largest absolute Gasteiger partial charge is 0.389 e. The summed E-state index contributed by atoms with van der Waals surface area (Å²) in [7, 11) is 1.69. The van der Waals surface area contributed by atoms with Gasteiger partial charge in [0.05, 0.1) is 12.1 Å². The van der Waals surface area contributed by atoms with Gasteiger partial charge in [0.1, 0.15) is 0 Å². The highest BCUT2D eigenvalue weighted by Gasteiger charge is 2.26. The van der Waals surface area contributed by atoms with Crippen molar-refractivity contribution in [1.82, 2.24) is 10.2 Å². The molecule has 0 heterocycles. The minimum atomic E-state index is -0.824. The molecule has 0 aromatic heterocycles. The van der Waals surface area contributed by atoms with E-state index in [1.807, 2.05) is 0 Å². The number of rotatable bonds is 3. The van der Waals surface area contributed by atoms with E-state index in [0.29, 0.717) is 12.6 Å². The van der Waals surface area contributed by atoms with Crippen LogP contribution in [0.3, 0.4) is 0 Å². The van der Waals surface area contributed by atoms with Crippen molar-refractivity contribution in [3.8, 4) is 0 Å². The highest BCUT2D eigenvalue weighted by molar-refractivity contribution is 5.74. The van der Waals surface area contributed by atoms with Gasteiger partial charge in [-0.25, -0.2) is 4.79 Å². The number of amides is 2. The van der Waals surface area contributed by atoms with Crippen molar-refractivity contribution in [2.24, 2.45) is 0 Å². The van der Waals surface area contributed by atoms with Crippen molar-refractivity contribution < 1.29 is 9.90 Å². The first kappa shape index (κ1) is 10.3. The molecule has 0 aliphatic heterocycles. The van der Waals surface area contributed by atoms with Crippen molar-refractivity contribution in [2.75, 3.05) is 13.6 Å². The summed E-state index contributed by atoms with van der Waals surface area (Å²) in [5.41, 5.74) is -0.824. The Morgan fingerprint density at radius 2 is 2.15 bits per heavy atom. The van der Waals surface area contributed by atoms with Gasteiger partial charge >= 0.3 is 6.03 Å². The molecule has 0 saturated heterocycles. The molecule has 0 unspecified atom stereocenters. The maximum Gasteiger partial charge on any atom is 0.317 e. The Kier molecular flexibility index (Phi) is 2.81. The zero-order chi connectivity index (χ0) is 10.1. The Labute approximate surface area is 78.9 Å². The van der Waals surface area contributed by atoms with Gasteiger partial charge in [-0.15, -0.1) is 0 Å². The monoisotopic (exact) mass is 186 g/mol. The molecule has 1 fully saturated rings. The second-order valence-electron chi connectivity index (χ2n) is 4.39. The smallest absolute Gasteiger partial charge is 0.317 e. The van der Waals surface area contributed by atoms with Crippen LogP contribution in [-0.2, 0) is 0 Å². The normalized spacial score (nSPS) is 16.9. The molecule has 1 aliphatic carbocycles. The average Bonchev–Trinajstić information content (AvgIpc) is 2.67. The Morgan fingerprint density at radius 3 is 2.54 bits per heavy atom. The Balaban J connectivity index is 2.28. The molecule has 4 heteroatoms. The van der Waals surface area contributed by atoms with Crippen LogP contribution in [0.5, 0.6) is 0 Å². The van der Waals surface area contributed by atoms with Gasteiger partial charge in [0.15, 0.2) is 0 Å². The molecule has 13 heavy (non-hydrogen) atoms. The summed E-state index contributed by atoms with van der Waals surface area (Å²) >= 11 is 0. The summed E-state index contributed by atoms with van der Waals surface area (Å²) in [5, 5.41) is 12.3. The summed E-state index contributed by atoms with van der Waals surface area (Å²) in [6.45, 7) is 3.73. The zero-order valence-electron chi connectivity index (χ0n) is 8.50. The fourth-order valence-corrected chi connectivity index (χ4v) is 1.16. The minimum absolute atomic E-state index is 0.0929. The highest BCUT2D eigenvalue weighted by Crippen LogP contribution is 2.18. The van der Waals surface area contributed by atoms with Crippen molar-refractivity contribution in [2.45, 2.75) is 38.3 Å². The fraction of sp³-hybridized carbons (Fsp3) is 0.889. The van der Waals surface area contributed by atoms with Crippen molar-refractivity contribution in [3.05, 3.63) is 0 Å². The van der Waals surface area contributed by atoms with Gasteiger partial charge in [-0.2, -0.15) is 0 Å². The molecule has 76 valence electrons. The van der Waals surface area contributed by atoms with E-state index in [0.717, 1.165) is 12.8 Å². The van der Waals surface area contributed by atoms with Gasteiger partial charge in [0, 0.05) is 13.1 Å². The van der Waals surface area contributed by atoms with E-state index in [1.54, 1.807) is 20.9 Å². The van der Waals surface area contributed by atoms with Crippen LogP contribution in [0.2, 0.25) is 0 Å². The van der Waals surface area contributed by atoms with Crippen molar-refractivity contribution in [1.29, 1.82) is 0 Å². The minimum Gasteiger partial charge on any atom is -0.389 e. The van der Waals surface area contributed by atoms with E-state index in [2.05, 4.69) is 5.32 Å². The SMILES string of the molecule is CN(CC(C)(C)O)C(=O)NC1CC1. The quantitative estimate of drug-likeness (QED) is 0.676. The number of aliphatic hydroxyl groups is 1. The third kappa shape index (κ3) is 4.12. The summed E-state index contributed by atoms with van der Waals surface area (Å²) in [6.07, 6.45) is 2.17. The Bertz CT molecular complexity index is 194. The number of urea groups is 1. The van der Waals surface area contributed by atoms with Crippen molar-refractivity contribution >= 4 is 6.03 Å². The molecular weight excluding hydrogens is 168 g/mol. The van der Waals surface area contributed by atoms with E-state index >= 15 is 0 Å². The van der Waals surface area contributed by atoms with Crippen LogP contribution in [0.1, 0.15) is 26.7 Å². The number of nitrogens with one attached hydrogen (secondary N) is 1. The number of carbonyl (C=O) groups excluding carboxylic acids is 1. The summed E-state index contributed by atoms with van der Waals surface area (Å²) < 4.78 is 0. The molecule has 0 bridgehead atoms. The van der Waals surface area contributed by atoms with Gasteiger partial charge in [-0.1, -0.05) is 0 Å². The third-order valence-electron chi connectivity index (χ3n) is 1.88. The first-order valence-electron chi connectivity index (χ1n) is 4.62. The number of carbonyl (C=O) groups is 1. The first-order chi connectivity index (χ1) is 5.88. The number of hydrogen-bond donors (Lipinski definition) is 2. The topological polar surface area (TPSA) is 52.6 Å². The lowest BCUT2D eigenvalue weighted by Gasteiger charge is -2.25. The standard InChI is InChI=1S/C9H18N2O2/c1-9(2,13)6-11(3)8(12)10-7-4-5-7/h7,13H,4-6H2,1-3H3,(H,10,12). The van der Waals surface area contributed by atoms with E-state index in [4.69, 9.17) is 0 Å². The molecule has 1 rings (SSSR count). The Hall–Kier alpha value is -0.770. The lowest BCUT2D eigenvalue weighted by molar-refractivity contribution is 0.0531. The van der Waals surface area contributed by atoms with Crippen LogP contribution in [-0.4, -0.2) is 41.3 Å². The lowest BCUT2D eigenvalue weighted by atomic mass is 10.1. The molecule has 0 aromatic carbocycles. The van der Waals surface area contributed by atoms with E-state index in [9.17, 15) is 9.90 Å². The molecule has 0 radical (unpaired) electrons. The second kappa shape index (κ2) is 3.54. The molecule has 2 N–H and O–H groups in total. The third-order valence-corrected chi connectivity index (χ3v) is 1.88. The van der Waals surface area contributed by atoms with E-state index < -0.39 is 5.60 Å². The number of likely N-dealkylation sites (N-methyl/N-ethyl adjacent to an activating group) is 1. The van der Waals surface area contributed by atoms with Crippen LogP contribution in [0.25, 0.3) is 0 Å². The second-order valence-corrected chi connectivity index (χ2v) is 4.39. The van der Waals surface area contributed by atoms with Gasteiger partial charge in [-0.05, 0) is 26.7 Å². The zero-order valence-corrected chi connectivity index (χ0v) is 8.50. The van der Waals surface area contributed by atoms with Crippen LogP contribution >= 0.6 is 0 Å². The molecule has 0 aromatic rings. The van der Waals surface area contributed by atoms with Gasteiger partial charge < -0.3 is 15.3 Å². The molecule has 1 aliphatic rings. The molecule has 4 nitrogen and oxygen atoms in total. The Morgan fingerprint density at radius 1 is 1.62 bits per heavy atom. The summed E-state index contributed by atoms with van der Waals surface area (Å²) in [4.78, 5) is 12.9. The first-order valence-corrected chi connectivity index (χ1v) is 4.62. The molecule has 1 saturated carbocycles. The summed E-state index contributed by atoms with van der Waals surface area (Å²) in [5.74, 6) is 0. The van der Waals surface area contributed by atoms with Gasteiger partial charge in [0.2, 0.25) is 0 Å². The molecule has 0 atom stereocenters. The summed E-state index contributed by atoms with van der Waals surface area (Å²) in [6, 6.07) is 0.279. The van der Waals surface area contributed by atoms with Crippen LogP contribution in [0, 0.1) is 0 Å². The predicted octanol–water partition coefficient (Wildman–Crippen LogP) is 0.561. The molecular formula is C9H18N2O2. The highest BCUT2D eigenvalue weighted by atomic mass is 16.3. The lowest BCUT2D eigenvalue weighted by Crippen LogP contribution is -2.45. The maximum absolute atomic E-state index is 11.4. The van der Waals surface area contributed by atoms with Crippen LogP contribution in [0.4, 0.5) is 4.79 Å². The van der Waals surface area contributed by atoms with Crippen molar-refractivity contribution in [3.63, 3.8) is 0 Å². The van der Waals surface area contributed by atoms with E-state index in [1.165, 1.54) is 4.90 Å². The van der Waals surface area contributed by atoms with Crippen LogP contribution in [0.15, 0.2) is 0 Å². The number of nitrogens with zero attached hydrogens (tertiary/aromatic N) is 1. The average molecular weight is 186 g/mol. The van der Waals surface area contributed by atoms with Gasteiger partial charge in [0.25, 0.3) is 0 Å². The van der Waals surface area contributed by atoms with E-state index in [-0.39, 0.29) is 6.03 Å². The molecule has 2 amide bonds. The molecule has 0 spiro atoms. The number of hydrogen-bond acceptors (Lipinski definition) is 2. The predicted molar refractivity (Wildman–Crippen MR) is 50.5 cm³/mol. The fourth-order valence-electron chi connectivity index (χ4n) is 1.16. The van der Waals surface area contributed by atoms with Gasteiger partial charge in [-0.3, -0.25) is 0 Å². The maximum atomic E-state index is 11.4.